The quantitative estimate of drug-likeness (QED) is 0.533. The fraction of sp³-hybridized carbons (Fsp3) is 0.238. The number of H-pyrrole nitrogens is 1. The minimum Gasteiger partial charge on any atom is -0.383 e. The van der Waals surface area contributed by atoms with Crippen molar-refractivity contribution in [3.05, 3.63) is 64.1 Å². The van der Waals surface area contributed by atoms with E-state index in [1.165, 1.54) is 0 Å². The van der Waals surface area contributed by atoms with Crippen molar-refractivity contribution in [3.63, 3.8) is 0 Å². The van der Waals surface area contributed by atoms with Gasteiger partial charge >= 0.3 is 0 Å². The summed E-state index contributed by atoms with van der Waals surface area (Å²) in [5.74, 6) is 0.791. The van der Waals surface area contributed by atoms with Crippen LogP contribution in [0.4, 0.5) is 5.82 Å². The molecule has 0 aliphatic heterocycles. The monoisotopic (exact) mass is 362 g/mol. The summed E-state index contributed by atoms with van der Waals surface area (Å²) in [7, 11) is 1.66. The van der Waals surface area contributed by atoms with Crippen LogP contribution in [0, 0.1) is 13.8 Å². The Labute approximate surface area is 156 Å². The van der Waals surface area contributed by atoms with E-state index in [2.05, 4.69) is 16.4 Å². The molecule has 6 nitrogen and oxygen atoms in total. The van der Waals surface area contributed by atoms with Gasteiger partial charge in [0.2, 0.25) is 0 Å². The highest BCUT2D eigenvalue weighted by atomic mass is 16.5. The largest absolute Gasteiger partial charge is 0.383 e. The Morgan fingerprint density at radius 3 is 2.78 bits per heavy atom. The van der Waals surface area contributed by atoms with Crippen LogP contribution in [0.2, 0.25) is 0 Å². The third-order valence-corrected chi connectivity index (χ3v) is 4.64. The van der Waals surface area contributed by atoms with E-state index in [-0.39, 0.29) is 5.56 Å². The molecule has 2 N–H and O–H groups in total. The molecule has 3 heterocycles. The van der Waals surface area contributed by atoms with E-state index < -0.39 is 0 Å². The summed E-state index contributed by atoms with van der Waals surface area (Å²) in [6, 6.07) is 11.9. The van der Waals surface area contributed by atoms with E-state index in [0.717, 1.165) is 33.5 Å². The molecular formula is C21H22N4O2. The average molecular weight is 362 g/mol. The average Bonchev–Trinajstić information content (AvgIpc) is 2.99. The van der Waals surface area contributed by atoms with Gasteiger partial charge in [0.1, 0.15) is 17.2 Å². The van der Waals surface area contributed by atoms with Gasteiger partial charge in [0.25, 0.3) is 5.56 Å². The van der Waals surface area contributed by atoms with Crippen LogP contribution in [0.15, 0.2) is 47.4 Å². The van der Waals surface area contributed by atoms with E-state index in [0.29, 0.717) is 24.4 Å². The second-order valence-electron chi connectivity index (χ2n) is 6.76. The zero-order valence-electron chi connectivity index (χ0n) is 15.7. The maximum Gasteiger partial charge on any atom is 0.258 e. The van der Waals surface area contributed by atoms with Crippen molar-refractivity contribution >= 4 is 22.4 Å². The Balaban J connectivity index is 1.94. The predicted molar refractivity (Wildman–Crippen MR) is 109 cm³/mol. The molecule has 27 heavy (non-hydrogen) atoms. The topological polar surface area (TPSA) is 71.4 Å². The van der Waals surface area contributed by atoms with E-state index >= 15 is 0 Å². The van der Waals surface area contributed by atoms with Gasteiger partial charge in [-0.1, -0.05) is 11.6 Å². The van der Waals surface area contributed by atoms with Crippen LogP contribution in [0.3, 0.4) is 0 Å². The first kappa shape index (κ1) is 17.3. The Hall–Kier alpha value is -3.12. The number of nitrogens with zero attached hydrogens (tertiary/aromatic N) is 2. The zero-order valence-corrected chi connectivity index (χ0v) is 15.7. The summed E-state index contributed by atoms with van der Waals surface area (Å²) >= 11 is 0. The van der Waals surface area contributed by atoms with E-state index in [4.69, 9.17) is 9.72 Å². The molecule has 0 spiro atoms. The highest BCUT2D eigenvalue weighted by Crippen LogP contribution is 2.28. The molecule has 4 rings (SSSR count). The number of nitrogens with one attached hydrogen (secondary N) is 2. The van der Waals surface area contributed by atoms with Crippen molar-refractivity contribution in [2.75, 3.05) is 25.6 Å². The summed E-state index contributed by atoms with van der Waals surface area (Å²) < 4.78 is 7.12. The van der Waals surface area contributed by atoms with Crippen LogP contribution < -0.4 is 10.9 Å². The molecule has 6 heteroatoms. The first-order valence-electron chi connectivity index (χ1n) is 8.92. The second kappa shape index (κ2) is 6.89. The fourth-order valence-corrected chi connectivity index (χ4v) is 3.28. The molecular weight excluding hydrogens is 340 g/mol. The highest BCUT2D eigenvalue weighted by molar-refractivity contribution is 5.86. The lowest BCUT2D eigenvalue weighted by Gasteiger charge is -2.09. The zero-order chi connectivity index (χ0) is 19.0. The van der Waals surface area contributed by atoms with Gasteiger partial charge in [-0.25, -0.2) is 4.98 Å². The van der Waals surface area contributed by atoms with Crippen molar-refractivity contribution in [1.82, 2.24) is 14.4 Å². The summed E-state index contributed by atoms with van der Waals surface area (Å²) in [6.45, 7) is 5.25. The number of ether oxygens (including phenoxy) is 1. The predicted octanol–water partition coefficient (Wildman–Crippen LogP) is 3.52. The lowest BCUT2D eigenvalue weighted by atomic mass is 10.1. The number of pyridine rings is 2. The van der Waals surface area contributed by atoms with Gasteiger partial charge < -0.3 is 15.0 Å². The molecule has 0 fully saturated rings. The van der Waals surface area contributed by atoms with Gasteiger partial charge in [-0.2, -0.15) is 0 Å². The number of aryl methyl sites for hydroxylation is 2. The maximum absolute atomic E-state index is 12.8. The second-order valence-corrected chi connectivity index (χ2v) is 6.76. The van der Waals surface area contributed by atoms with Crippen LogP contribution in [0.25, 0.3) is 27.8 Å². The number of hydrogen-bond donors (Lipinski definition) is 2. The Morgan fingerprint density at radius 2 is 1.96 bits per heavy atom. The molecule has 0 radical (unpaired) electrons. The number of methoxy groups -OCH3 is 1. The molecule has 0 unspecified atom stereocenters. The lowest BCUT2D eigenvalue weighted by Crippen LogP contribution is -2.13. The molecule has 138 valence electrons. The minimum atomic E-state index is -0.152. The smallest absolute Gasteiger partial charge is 0.258 e. The Kier molecular flexibility index (Phi) is 4.41. The molecule has 0 saturated heterocycles. The number of hydrogen-bond acceptors (Lipinski definition) is 4. The van der Waals surface area contributed by atoms with E-state index in [1.807, 2.05) is 54.8 Å². The summed E-state index contributed by atoms with van der Waals surface area (Å²) in [5.41, 5.74) is 4.92. The van der Waals surface area contributed by atoms with Gasteiger partial charge in [-0.05, 0) is 55.1 Å². The Morgan fingerprint density at radius 1 is 1.15 bits per heavy atom. The molecule has 3 aromatic heterocycles. The van der Waals surface area contributed by atoms with E-state index in [1.54, 1.807) is 7.11 Å². The summed E-state index contributed by atoms with van der Waals surface area (Å²) in [5, 5.41) is 4.35. The fourth-order valence-electron chi connectivity index (χ4n) is 3.28. The number of fused-ring (bicyclic) bond motifs is 2. The van der Waals surface area contributed by atoms with Crippen molar-refractivity contribution in [3.8, 4) is 11.3 Å². The molecule has 4 aromatic rings. The SMILES string of the molecule is COCCNc1c(-c2cc3cc(C)ccc3[nH]c2=O)nc2cc(C)ccn12. The van der Waals surface area contributed by atoms with Gasteiger partial charge in [-0.3, -0.25) is 9.20 Å². The number of aromatic amines is 1. The van der Waals surface area contributed by atoms with Gasteiger partial charge in [0.15, 0.2) is 0 Å². The molecule has 0 aliphatic carbocycles. The summed E-state index contributed by atoms with van der Waals surface area (Å²) in [4.78, 5) is 20.5. The molecule has 0 aliphatic rings. The molecule has 0 atom stereocenters. The Bertz CT molecular complexity index is 1190. The summed E-state index contributed by atoms with van der Waals surface area (Å²) in [6.07, 6.45) is 1.97. The highest BCUT2D eigenvalue weighted by Gasteiger charge is 2.17. The first-order valence-corrected chi connectivity index (χ1v) is 8.92. The van der Waals surface area contributed by atoms with Gasteiger partial charge in [0.05, 0.1) is 12.2 Å². The number of aromatic nitrogens is 3. The van der Waals surface area contributed by atoms with Crippen molar-refractivity contribution in [2.45, 2.75) is 13.8 Å². The third kappa shape index (κ3) is 3.19. The number of rotatable bonds is 5. The normalized spacial score (nSPS) is 11.4. The molecule has 0 saturated carbocycles. The lowest BCUT2D eigenvalue weighted by molar-refractivity contribution is 0.210. The van der Waals surface area contributed by atoms with Crippen molar-refractivity contribution in [1.29, 1.82) is 0 Å². The maximum atomic E-state index is 12.8. The minimum absolute atomic E-state index is 0.152. The van der Waals surface area contributed by atoms with Gasteiger partial charge in [-0.15, -0.1) is 0 Å². The van der Waals surface area contributed by atoms with Crippen molar-refractivity contribution < 1.29 is 4.74 Å². The van der Waals surface area contributed by atoms with Crippen LogP contribution in [-0.4, -0.2) is 34.6 Å². The number of imidazole rings is 1. The molecule has 0 amide bonds. The standard InChI is InChI=1S/C21H22N4O2/c1-13-4-5-17-15(10-13)12-16(21(26)23-17)19-20(22-7-9-27-3)25-8-6-14(2)11-18(25)24-19/h4-6,8,10-12,22H,7,9H2,1-3H3,(H,23,26). The first-order chi connectivity index (χ1) is 13.1. The third-order valence-electron chi connectivity index (χ3n) is 4.64. The molecule has 0 bridgehead atoms. The van der Waals surface area contributed by atoms with Crippen LogP contribution in [0.5, 0.6) is 0 Å². The number of anilines is 1. The molecule has 1 aromatic carbocycles. The van der Waals surface area contributed by atoms with Gasteiger partial charge in [0, 0.05) is 25.4 Å². The van der Waals surface area contributed by atoms with Crippen molar-refractivity contribution in [2.24, 2.45) is 0 Å². The number of benzene rings is 1. The van der Waals surface area contributed by atoms with E-state index in [9.17, 15) is 4.79 Å². The van der Waals surface area contributed by atoms with Crippen LogP contribution >= 0.6 is 0 Å². The van der Waals surface area contributed by atoms with Crippen LogP contribution in [0.1, 0.15) is 11.1 Å². The van der Waals surface area contributed by atoms with Crippen LogP contribution in [-0.2, 0) is 4.74 Å².